The monoisotopic (exact) mass is 286 g/mol. The smallest absolute Gasteiger partial charge is 0.0533 e. The Bertz CT molecular complexity index is 593. The third-order valence-electron chi connectivity index (χ3n) is 3.67. The van der Waals surface area contributed by atoms with Gasteiger partial charge in [-0.15, -0.1) is 0 Å². The van der Waals surface area contributed by atoms with Crippen molar-refractivity contribution >= 4 is 17.0 Å². The standard InChI is InChI=1S/C15H18N2.2C2H6/c1-4-11-7-10(2)8-12-13-9-17(3)6-5-14(13)16-15(11)12;2*1-2/h4,7-8,16H,1,5-6,9H2,2-3H3;2*1-2H3. The fraction of sp³-hybridized carbons (Fsp3) is 0.474. The molecule has 1 aliphatic rings. The van der Waals surface area contributed by atoms with Crippen LogP contribution in [0.15, 0.2) is 18.7 Å². The molecule has 0 saturated heterocycles. The predicted molar refractivity (Wildman–Crippen MR) is 95.9 cm³/mol. The van der Waals surface area contributed by atoms with E-state index in [0.717, 1.165) is 19.5 Å². The summed E-state index contributed by atoms with van der Waals surface area (Å²) < 4.78 is 0. The molecule has 0 amide bonds. The van der Waals surface area contributed by atoms with Crippen LogP contribution < -0.4 is 0 Å². The third-order valence-corrected chi connectivity index (χ3v) is 3.67. The van der Waals surface area contributed by atoms with Crippen molar-refractivity contribution in [2.24, 2.45) is 0 Å². The van der Waals surface area contributed by atoms with Crippen LogP contribution in [0, 0.1) is 6.92 Å². The van der Waals surface area contributed by atoms with Crippen LogP contribution in [0.25, 0.3) is 17.0 Å². The van der Waals surface area contributed by atoms with Crippen LogP contribution in [0.2, 0.25) is 0 Å². The zero-order chi connectivity index (χ0) is 16.0. The van der Waals surface area contributed by atoms with Gasteiger partial charge in [0.15, 0.2) is 0 Å². The van der Waals surface area contributed by atoms with Gasteiger partial charge >= 0.3 is 0 Å². The largest absolute Gasteiger partial charge is 0.358 e. The Morgan fingerprint density at radius 2 is 1.86 bits per heavy atom. The van der Waals surface area contributed by atoms with E-state index in [1.165, 1.54) is 33.3 Å². The Balaban J connectivity index is 0.000000510. The second kappa shape index (κ2) is 8.04. The molecule has 2 nitrogen and oxygen atoms in total. The molecule has 3 rings (SSSR count). The molecule has 0 spiro atoms. The highest BCUT2D eigenvalue weighted by Gasteiger charge is 2.19. The summed E-state index contributed by atoms with van der Waals surface area (Å²) in [5.41, 5.74) is 6.66. The van der Waals surface area contributed by atoms with E-state index < -0.39 is 0 Å². The van der Waals surface area contributed by atoms with Crippen molar-refractivity contribution in [3.05, 3.63) is 41.1 Å². The highest BCUT2D eigenvalue weighted by atomic mass is 15.1. The SMILES string of the molecule is C=Cc1cc(C)cc2c3c([nH]c12)CCN(C)C3.CC.CC. The van der Waals surface area contributed by atoms with Gasteiger partial charge in [0.25, 0.3) is 0 Å². The first kappa shape index (κ1) is 17.5. The number of hydrogen-bond acceptors (Lipinski definition) is 1. The lowest BCUT2D eigenvalue weighted by Gasteiger charge is -2.22. The molecule has 1 aliphatic heterocycles. The van der Waals surface area contributed by atoms with Crippen molar-refractivity contribution < 1.29 is 0 Å². The summed E-state index contributed by atoms with van der Waals surface area (Å²) >= 11 is 0. The lowest BCUT2D eigenvalue weighted by Crippen LogP contribution is -2.25. The average molecular weight is 286 g/mol. The normalized spacial score (nSPS) is 13.6. The van der Waals surface area contributed by atoms with Crippen molar-refractivity contribution in [2.75, 3.05) is 13.6 Å². The van der Waals surface area contributed by atoms with E-state index in [1.54, 1.807) is 0 Å². The van der Waals surface area contributed by atoms with Gasteiger partial charge in [-0.1, -0.05) is 40.3 Å². The second-order valence-electron chi connectivity index (χ2n) is 5.05. The molecule has 1 aromatic heterocycles. The Hall–Kier alpha value is -1.54. The number of fused-ring (bicyclic) bond motifs is 3. The number of rotatable bonds is 1. The van der Waals surface area contributed by atoms with E-state index in [2.05, 4.69) is 42.6 Å². The number of hydrogen-bond donors (Lipinski definition) is 1. The summed E-state index contributed by atoms with van der Waals surface area (Å²) in [5.74, 6) is 0. The first-order valence-corrected chi connectivity index (χ1v) is 8.14. The number of nitrogens with zero attached hydrogens (tertiary/aromatic N) is 1. The summed E-state index contributed by atoms with van der Waals surface area (Å²) in [5, 5.41) is 1.38. The van der Waals surface area contributed by atoms with E-state index in [9.17, 15) is 0 Å². The number of nitrogens with one attached hydrogen (secondary N) is 1. The van der Waals surface area contributed by atoms with Gasteiger partial charge in [0.1, 0.15) is 0 Å². The summed E-state index contributed by atoms with van der Waals surface area (Å²) in [7, 11) is 2.19. The number of benzene rings is 1. The minimum atomic E-state index is 1.05. The van der Waals surface area contributed by atoms with Crippen LogP contribution in [0.4, 0.5) is 0 Å². The minimum absolute atomic E-state index is 1.05. The van der Waals surface area contributed by atoms with Crippen molar-refractivity contribution in [2.45, 2.75) is 47.6 Å². The fourth-order valence-electron chi connectivity index (χ4n) is 2.79. The lowest BCUT2D eigenvalue weighted by molar-refractivity contribution is 0.313. The van der Waals surface area contributed by atoms with E-state index in [4.69, 9.17) is 0 Å². The van der Waals surface area contributed by atoms with E-state index in [1.807, 2.05) is 33.8 Å². The Kier molecular flexibility index (Phi) is 6.70. The highest BCUT2D eigenvalue weighted by molar-refractivity contribution is 5.92. The molecule has 1 N–H and O–H groups in total. The van der Waals surface area contributed by atoms with Crippen molar-refractivity contribution in [3.63, 3.8) is 0 Å². The summed E-state index contributed by atoms with van der Waals surface area (Å²) in [4.78, 5) is 5.97. The zero-order valence-electron chi connectivity index (χ0n) is 14.5. The predicted octanol–water partition coefficient (Wildman–Crippen LogP) is 5.16. The molecule has 0 unspecified atom stereocenters. The highest BCUT2D eigenvalue weighted by Crippen LogP contribution is 2.30. The molecule has 0 saturated carbocycles. The number of aryl methyl sites for hydroxylation is 1. The topological polar surface area (TPSA) is 19.0 Å². The van der Waals surface area contributed by atoms with E-state index in [0.29, 0.717) is 0 Å². The molecule has 1 aromatic carbocycles. The van der Waals surface area contributed by atoms with Gasteiger partial charge in [-0.25, -0.2) is 0 Å². The number of aromatic amines is 1. The van der Waals surface area contributed by atoms with E-state index in [-0.39, 0.29) is 0 Å². The molecule has 2 heteroatoms. The minimum Gasteiger partial charge on any atom is -0.358 e. The maximum absolute atomic E-state index is 3.91. The number of aromatic nitrogens is 1. The molecule has 2 heterocycles. The van der Waals surface area contributed by atoms with Crippen LogP contribution in [0.3, 0.4) is 0 Å². The maximum atomic E-state index is 3.91. The summed E-state index contributed by atoms with van der Waals surface area (Å²) in [6, 6.07) is 4.48. The summed E-state index contributed by atoms with van der Waals surface area (Å²) in [6.07, 6.45) is 3.07. The molecule has 0 aliphatic carbocycles. The zero-order valence-corrected chi connectivity index (χ0v) is 14.5. The van der Waals surface area contributed by atoms with Gasteiger partial charge in [0, 0.05) is 30.6 Å². The number of likely N-dealkylation sites (N-methyl/N-ethyl adjacent to an activating group) is 1. The van der Waals surface area contributed by atoms with Crippen LogP contribution >= 0.6 is 0 Å². The fourth-order valence-corrected chi connectivity index (χ4v) is 2.79. The van der Waals surface area contributed by atoms with Gasteiger partial charge in [-0.2, -0.15) is 0 Å². The van der Waals surface area contributed by atoms with Crippen LogP contribution in [0.5, 0.6) is 0 Å². The molecule has 116 valence electrons. The number of H-pyrrole nitrogens is 1. The lowest BCUT2D eigenvalue weighted by atomic mass is 10.0. The molecule has 0 fully saturated rings. The van der Waals surface area contributed by atoms with Gasteiger partial charge in [0.2, 0.25) is 0 Å². The van der Waals surface area contributed by atoms with Gasteiger partial charge in [-0.05, 0) is 42.8 Å². The van der Waals surface area contributed by atoms with Crippen molar-refractivity contribution in [3.8, 4) is 0 Å². The molecule has 0 bridgehead atoms. The third kappa shape index (κ3) is 3.56. The van der Waals surface area contributed by atoms with Gasteiger partial charge in [-0.3, -0.25) is 0 Å². The maximum Gasteiger partial charge on any atom is 0.0533 e. The quantitative estimate of drug-likeness (QED) is 0.767. The first-order valence-electron chi connectivity index (χ1n) is 8.14. The summed E-state index contributed by atoms with van der Waals surface area (Å²) in [6.45, 7) is 16.3. The average Bonchev–Trinajstić information content (AvgIpc) is 2.88. The molecular formula is C19H30N2. The molecular weight excluding hydrogens is 256 g/mol. The molecule has 0 atom stereocenters. The van der Waals surface area contributed by atoms with Crippen LogP contribution in [-0.2, 0) is 13.0 Å². The van der Waals surface area contributed by atoms with Crippen LogP contribution in [-0.4, -0.2) is 23.5 Å². The Morgan fingerprint density at radius 1 is 1.19 bits per heavy atom. The Labute approximate surface area is 129 Å². The van der Waals surface area contributed by atoms with Crippen molar-refractivity contribution in [1.29, 1.82) is 0 Å². The Morgan fingerprint density at radius 3 is 2.48 bits per heavy atom. The first-order chi connectivity index (χ1) is 10.2. The van der Waals surface area contributed by atoms with Gasteiger partial charge in [0.05, 0.1) is 5.52 Å². The van der Waals surface area contributed by atoms with E-state index >= 15 is 0 Å². The molecule has 2 aromatic rings. The molecule has 0 radical (unpaired) electrons. The van der Waals surface area contributed by atoms with Crippen molar-refractivity contribution in [1.82, 2.24) is 9.88 Å². The second-order valence-corrected chi connectivity index (χ2v) is 5.05. The van der Waals surface area contributed by atoms with Gasteiger partial charge < -0.3 is 9.88 Å². The van der Waals surface area contributed by atoms with Crippen LogP contribution in [0.1, 0.15) is 50.1 Å². The molecule has 21 heavy (non-hydrogen) atoms.